The maximum Gasteiger partial charge on any atom is 0.340 e. The number of esters is 1. The molecule has 2 aromatic heterocycles. The molecule has 0 bridgehead atoms. The first-order valence-electron chi connectivity index (χ1n) is 9.15. The average molecular weight is 405 g/mol. The lowest BCUT2D eigenvalue weighted by Gasteiger charge is -2.12. The minimum absolute atomic E-state index is 0.0134. The van der Waals surface area contributed by atoms with Crippen molar-refractivity contribution in [1.82, 2.24) is 14.8 Å². The molecule has 1 N–H and O–H groups in total. The number of methoxy groups -OCH3 is 1. The van der Waals surface area contributed by atoms with Crippen molar-refractivity contribution < 1.29 is 18.7 Å². The molecule has 0 saturated heterocycles. The Morgan fingerprint density at radius 1 is 1.27 bits per heavy atom. The average Bonchev–Trinajstić information content (AvgIpc) is 3.50. The number of nitriles is 1. The van der Waals surface area contributed by atoms with Crippen LogP contribution in [0.15, 0.2) is 42.7 Å². The molecule has 0 radical (unpaired) electrons. The van der Waals surface area contributed by atoms with Gasteiger partial charge >= 0.3 is 5.97 Å². The van der Waals surface area contributed by atoms with Crippen molar-refractivity contribution >= 4 is 17.6 Å². The summed E-state index contributed by atoms with van der Waals surface area (Å²) >= 11 is 0. The zero-order chi connectivity index (χ0) is 21.3. The summed E-state index contributed by atoms with van der Waals surface area (Å²) in [6.07, 6.45) is 4.97. The number of nitrogens with zero attached hydrogens (tertiary/aromatic N) is 4. The molecule has 1 amide bonds. The van der Waals surface area contributed by atoms with Crippen molar-refractivity contribution in [2.45, 2.75) is 18.8 Å². The minimum atomic E-state index is -0.756. The zero-order valence-electron chi connectivity index (χ0n) is 15.9. The predicted molar refractivity (Wildman–Crippen MR) is 104 cm³/mol. The molecule has 30 heavy (non-hydrogen) atoms. The third kappa shape index (κ3) is 3.75. The highest BCUT2D eigenvalue weighted by molar-refractivity contribution is 6.07. The van der Waals surface area contributed by atoms with E-state index in [9.17, 15) is 14.0 Å². The first kappa shape index (κ1) is 19.3. The molecule has 0 spiro atoms. The van der Waals surface area contributed by atoms with E-state index in [1.165, 1.54) is 19.2 Å². The number of ether oxygens (including phenoxy) is 1. The van der Waals surface area contributed by atoms with Crippen molar-refractivity contribution in [1.29, 1.82) is 5.26 Å². The molecule has 1 aliphatic rings. The number of hydrogen-bond acceptors (Lipinski definition) is 6. The van der Waals surface area contributed by atoms with E-state index in [0.717, 1.165) is 18.9 Å². The lowest BCUT2D eigenvalue weighted by Crippen LogP contribution is -2.18. The van der Waals surface area contributed by atoms with Crippen LogP contribution in [0.1, 0.15) is 50.7 Å². The summed E-state index contributed by atoms with van der Waals surface area (Å²) < 4.78 is 20.6. The van der Waals surface area contributed by atoms with E-state index in [4.69, 9.17) is 10.00 Å². The van der Waals surface area contributed by atoms with Gasteiger partial charge in [-0.05, 0) is 54.7 Å². The van der Waals surface area contributed by atoms with Gasteiger partial charge in [0.05, 0.1) is 23.9 Å². The molecule has 3 aromatic rings. The summed E-state index contributed by atoms with van der Waals surface area (Å²) in [6, 6.07) is 9.24. The molecule has 8 nitrogen and oxygen atoms in total. The predicted octanol–water partition coefficient (Wildman–Crippen LogP) is 3.19. The zero-order valence-corrected chi connectivity index (χ0v) is 15.9. The highest BCUT2D eigenvalue weighted by Crippen LogP contribution is 2.42. The van der Waals surface area contributed by atoms with Crippen LogP contribution in [0.5, 0.6) is 0 Å². The van der Waals surface area contributed by atoms with Gasteiger partial charge in [-0.3, -0.25) is 4.79 Å². The Morgan fingerprint density at radius 3 is 2.67 bits per heavy atom. The number of halogens is 1. The summed E-state index contributed by atoms with van der Waals surface area (Å²) in [4.78, 5) is 24.7. The van der Waals surface area contributed by atoms with Crippen molar-refractivity contribution in [3.8, 4) is 11.9 Å². The number of nitrogens with one attached hydrogen (secondary N) is 1. The fourth-order valence-corrected chi connectivity index (χ4v) is 3.05. The normalized spacial score (nSPS) is 12.8. The number of benzene rings is 1. The van der Waals surface area contributed by atoms with Gasteiger partial charge in [-0.1, -0.05) is 0 Å². The Morgan fingerprint density at radius 2 is 2.07 bits per heavy atom. The van der Waals surface area contributed by atoms with Crippen LogP contribution in [-0.4, -0.2) is 33.8 Å². The van der Waals surface area contributed by atoms with E-state index >= 15 is 0 Å². The Labute approximate surface area is 170 Å². The van der Waals surface area contributed by atoms with E-state index in [-0.39, 0.29) is 22.9 Å². The molecule has 0 atom stereocenters. The molecular weight excluding hydrogens is 389 g/mol. The second kappa shape index (κ2) is 7.75. The van der Waals surface area contributed by atoms with Crippen LogP contribution in [-0.2, 0) is 4.74 Å². The van der Waals surface area contributed by atoms with Crippen molar-refractivity contribution in [2.24, 2.45) is 0 Å². The molecule has 2 heterocycles. The molecule has 150 valence electrons. The maximum atomic E-state index is 14.3. The summed E-state index contributed by atoms with van der Waals surface area (Å²) in [5.41, 5.74) is 1.02. The fraction of sp³-hybridized carbons (Fsp3) is 0.190. The maximum absolute atomic E-state index is 14.3. The lowest BCUT2D eigenvalue weighted by atomic mass is 10.0. The second-order valence-corrected chi connectivity index (χ2v) is 6.84. The smallest absolute Gasteiger partial charge is 0.340 e. The Kier molecular flexibility index (Phi) is 4.98. The number of carbonyl (C=O) groups excluding carboxylic acids is 2. The van der Waals surface area contributed by atoms with Gasteiger partial charge in [0, 0.05) is 12.4 Å². The Hall–Kier alpha value is -4.06. The van der Waals surface area contributed by atoms with Gasteiger partial charge in [-0.25, -0.2) is 9.18 Å². The monoisotopic (exact) mass is 405 g/mol. The number of carbonyl (C=O) groups is 2. The number of rotatable bonds is 5. The van der Waals surface area contributed by atoms with Gasteiger partial charge in [0.15, 0.2) is 11.5 Å². The van der Waals surface area contributed by atoms with Crippen LogP contribution in [0.3, 0.4) is 0 Å². The third-order valence-corrected chi connectivity index (χ3v) is 4.78. The quantitative estimate of drug-likeness (QED) is 0.653. The van der Waals surface area contributed by atoms with E-state index in [0.29, 0.717) is 16.9 Å². The van der Waals surface area contributed by atoms with Crippen LogP contribution in [0.25, 0.3) is 5.82 Å². The second-order valence-electron chi connectivity index (χ2n) is 6.84. The number of hydrogen-bond donors (Lipinski definition) is 1. The van der Waals surface area contributed by atoms with E-state index in [2.05, 4.69) is 15.5 Å². The van der Waals surface area contributed by atoms with Gasteiger partial charge in [-0.2, -0.15) is 5.26 Å². The van der Waals surface area contributed by atoms with Crippen LogP contribution in [0.4, 0.5) is 10.1 Å². The molecule has 0 aliphatic heterocycles. The first-order chi connectivity index (χ1) is 14.5. The van der Waals surface area contributed by atoms with Crippen molar-refractivity contribution in [2.75, 3.05) is 12.4 Å². The Balaban J connectivity index is 1.59. The number of aromatic nitrogens is 3. The van der Waals surface area contributed by atoms with Crippen LogP contribution >= 0.6 is 0 Å². The molecule has 1 fully saturated rings. The van der Waals surface area contributed by atoms with Crippen molar-refractivity contribution in [3.63, 3.8) is 0 Å². The summed E-state index contributed by atoms with van der Waals surface area (Å²) in [5.74, 6) is -1.33. The molecule has 1 aliphatic carbocycles. The van der Waals surface area contributed by atoms with Crippen LogP contribution < -0.4 is 5.32 Å². The highest BCUT2D eigenvalue weighted by atomic mass is 19.1. The van der Waals surface area contributed by atoms with Gasteiger partial charge < -0.3 is 14.6 Å². The van der Waals surface area contributed by atoms with Crippen LogP contribution in [0.2, 0.25) is 0 Å². The SMILES string of the molecule is COC(=O)c1cc(F)c(C2CC2)cc1NC(=O)c1ccc(-n2ccc(C#N)c2)nn1. The molecule has 9 heteroatoms. The van der Waals surface area contributed by atoms with Gasteiger partial charge in [0.2, 0.25) is 0 Å². The van der Waals surface area contributed by atoms with E-state index in [1.807, 2.05) is 6.07 Å². The summed E-state index contributed by atoms with van der Waals surface area (Å²) in [7, 11) is 1.18. The number of amides is 1. The fourth-order valence-electron chi connectivity index (χ4n) is 3.05. The van der Waals surface area contributed by atoms with Gasteiger partial charge in [-0.15, -0.1) is 10.2 Å². The number of anilines is 1. The first-order valence-corrected chi connectivity index (χ1v) is 9.15. The van der Waals surface area contributed by atoms with E-state index in [1.54, 1.807) is 29.1 Å². The van der Waals surface area contributed by atoms with Crippen LogP contribution in [0, 0.1) is 17.1 Å². The highest BCUT2D eigenvalue weighted by Gasteiger charge is 2.29. The largest absolute Gasteiger partial charge is 0.465 e. The lowest BCUT2D eigenvalue weighted by molar-refractivity contribution is 0.0601. The molecule has 0 unspecified atom stereocenters. The standard InChI is InChI=1S/C21H16FN5O3/c1-30-21(29)15-8-16(22)14(13-2-3-13)9-18(15)24-20(28)17-4-5-19(26-25-17)27-7-6-12(10-23)11-27/h4-9,11,13H,2-3H2,1H3,(H,24,28). The van der Waals surface area contributed by atoms with Gasteiger partial charge in [0.25, 0.3) is 5.91 Å². The molecule has 4 rings (SSSR count). The minimum Gasteiger partial charge on any atom is -0.465 e. The Bertz CT molecular complexity index is 1180. The topological polar surface area (TPSA) is 110 Å². The van der Waals surface area contributed by atoms with Gasteiger partial charge in [0.1, 0.15) is 11.9 Å². The third-order valence-electron chi connectivity index (χ3n) is 4.78. The summed E-state index contributed by atoms with van der Waals surface area (Å²) in [5, 5.41) is 19.4. The molecular formula is C21H16FN5O3. The summed E-state index contributed by atoms with van der Waals surface area (Å²) in [6.45, 7) is 0. The van der Waals surface area contributed by atoms with E-state index < -0.39 is 17.7 Å². The van der Waals surface area contributed by atoms with Crippen molar-refractivity contribution in [3.05, 3.63) is 70.9 Å². The molecule has 1 saturated carbocycles. The molecule has 1 aromatic carbocycles.